The Hall–Kier alpha value is -1.38. The summed E-state index contributed by atoms with van der Waals surface area (Å²) < 4.78 is 10.8. The zero-order valence-corrected chi connectivity index (χ0v) is 13.9. The van der Waals surface area contributed by atoms with E-state index in [1.807, 2.05) is 13.1 Å². The summed E-state index contributed by atoms with van der Waals surface area (Å²) in [5.41, 5.74) is 2.78. The first kappa shape index (κ1) is 16.7. The highest BCUT2D eigenvalue weighted by atomic mass is 16.5. The molecule has 0 amide bonds. The lowest BCUT2D eigenvalue weighted by Crippen LogP contribution is -2.31. The molecule has 3 unspecified atom stereocenters. The van der Waals surface area contributed by atoms with E-state index in [1.165, 1.54) is 11.1 Å². The van der Waals surface area contributed by atoms with Gasteiger partial charge in [0.15, 0.2) is 0 Å². The minimum atomic E-state index is 0.317. The van der Waals surface area contributed by atoms with Crippen molar-refractivity contribution in [1.82, 2.24) is 5.32 Å². The molecule has 0 aliphatic heterocycles. The zero-order valence-electron chi connectivity index (χ0n) is 13.9. The van der Waals surface area contributed by atoms with Crippen LogP contribution in [0.5, 0.6) is 0 Å². The van der Waals surface area contributed by atoms with Gasteiger partial charge in [-0.25, -0.2) is 0 Å². The van der Waals surface area contributed by atoms with E-state index in [2.05, 4.69) is 39.1 Å². The van der Waals surface area contributed by atoms with E-state index in [4.69, 9.17) is 9.47 Å². The molecule has 114 valence electrons. The van der Waals surface area contributed by atoms with E-state index in [0.717, 1.165) is 17.9 Å². The van der Waals surface area contributed by atoms with Gasteiger partial charge >= 0.3 is 0 Å². The molecule has 0 saturated heterocycles. The summed E-state index contributed by atoms with van der Waals surface area (Å²) in [5.74, 6) is 2.86. The Morgan fingerprint density at radius 3 is 2.60 bits per heavy atom. The normalized spacial score (nSPS) is 23.1. The van der Waals surface area contributed by atoms with Crippen molar-refractivity contribution in [3.63, 3.8) is 0 Å². The smallest absolute Gasteiger partial charge is 0.118 e. The molecule has 0 saturated carbocycles. The molecule has 3 heteroatoms. The van der Waals surface area contributed by atoms with Gasteiger partial charge in [-0.15, -0.1) is 0 Å². The van der Waals surface area contributed by atoms with Crippen LogP contribution in [0, 0.1) is 11.8 Å². The number of rotatable bonds is 6. The third-order valence-corrected chi connectivity index (χ3v) is 4.09. The molecule has 0 spiro atoms. The molecule has 0 radical (unpaired) electrons. The Bertz CT molecular complexity index is 421. The quantitative estimate of drug-likeness (QED) is 0.746. The predicted molar refractivity (Wildman–Crippen MR) is 84.1 cm³/mol. The fourth-order valence-corrected chi connectivity index (χ4v) is 2.70. The molecule has 0 aromatic heterocycles. The van der Waals surface area contributed by atoms with Gasteiger partial charge in [0.25, 0.3) is 0 Å². The molecule has 0 heterocycles. The second-order valence-corrected chi connectivity index (χ2v) is 5.81. The van der Waals surface area contributed by atoms with Crippen molar-refractivity contribution >= 4 is 0 Å². The number of methoxy groups -OCH3 is 2. The van der Waals surface area contributed by atoms with Gasteiger partial charge in [0.05, 0.1) is 14.2 Å². The van der Waals surface area contributed by atoms with Crippen molar-refractivity contribution in [3.8, 4) is 0 Å². The maximum absolute atomic E-state index is 5.60. The Labute approximate surface area is 123 Å². The Morgan fingerprint density at radius 2 is 2.05 bits per heavy atom. The van der Waals surface area contributed by atoms with Crippen molar-refractivity contribution in [1.29, 1.82) is 0 Å². The van der Waals surface area contributed by atoms with Crippen LogP contribution >= 0.6 is 0 Å². The third-order valence-electron chi connectivity index (χ3n) is 4.09. The molecule has 1 N–H and O–H groups in total. The lowest BCUT2D eigenvalue weighted by atomic mass is 9.82. The van der Waals surface area contributed by atoms with Gasteiger partial charge in [-0.1, -0.05) is 19.4 Å². The highest BCUT2D eigenvalue weighted by Crippen LogP contribution is 2.34. The van der Waals surface area contributed by atoms with Crippen LogP contribution in [0.4, 0.5) is 0 Å². The third kappa shape index (κ3) is 4.06. The zero-order chi connectivity index (χ0) is 15.3. The summed E-state index contributed by atoms with van der Waals surface area (Å²) in [4.78, 5) is 0. The molecule has 3 nitrogen and oxygen atoms in total. The minimum Gasteiger partial charge on any atom is -0.500 e. The van der Waals surface area contributed by atoms with Gasteiger partial charge in [-0.2, -0.15) is 0 Å². The van der Waals surface area contributed by atoms with Gasteiger partial charge in [0.1, 0.15) is 11.5 Å². The van der Waals surface area contributed by atoms with Crippen molar-refractivity contribution in [3.05, 3.63) is 34.9 Å². The first-order valence-electron chi connectivity index (χ1n) is 7.33. The van der Waals surface area contributed by atoms with E-state index in [-0.39, 0.29) is 0 Å². The SMILES string of the molecule is COC1=CC(C)CC(C)=C1C(C)C(C)N/C=C(\C)OC. The summed E-state index contributed by atoms with van der Waals surface area (Å²) in [6, 6.07) is 0.317. The maximum Gasteiger partial charge on any atom is 0.118 e. The molecule has 0 aromatic rings. The molecule has 0 fully saturated rings. The van der Waals surface area contributed by atoms with Gasteiger partial charge in [-0.05, 0) is 44.8 Å². The Kier molecular flexibility index (Phi) is 6.18. The molecule has 1 aliphatic rings. The average molecular weight is 279 g/mol. The molecule has 3 atom stereocenters. The molecule has 1 rings (SSSR count). The van der Waals surface area contributed by atoms with Crippen LogP contribution in [0.25, 0.3) is 0 Å². The highest BCUT2D eigenvalue weighted by Gasteiger charge is 2.25. The second kappa shape index (κ2) is 7.41. The van der Waals surface area contributed by atoms with Crippen LogP contribution in [0.15, 0.2) is 34.9 Å². The first-order chi connectivity index (χ1) is 9.40. The number of hydrogen-bond acceptors (Lipinski definition) is 3. The van der Waals surface area contributed by atoms with Crippen molar-refractivity contribution in [2.75, 3.05) is 14.2 Å². The predicted octanol–water partition coefficient (Wildman–Crippen LogP) is 3.99. The molecule has 1 aliphatic carbocycles. The standard InChI is InChI=1S/C17H29NO2/c1-11-8-12(2)17(16(9-11)20-7)14(4)15(5)18-10-13(3)19-6/h9-11,14-15,18H,8H2,1-7H3/b13-10+. The number of nitrogens with one attached hydrogen (secondary N) is 1. The largest absolute Gasteiger partial charge is 0.500 e. The van der Waals surface area contributed by atoms with Crippen LogP contribution in [0.2, 0.25) is 0 Å². The van der Waals surface area contributed by atoms with E-state index >= 15 is 0 Å². The van der Waals surface area contributed by atoms with Crippen molar-refractivity contribution < 1.29 is 9.47 Å². The van der Waals surface area contributed by atoms with E-state index in [0.29, 0.717) is 17.9 Å². The molecule has 0 aromatic carbocycles. The van der Waals surface area contributed by atoms with Crippen molar-refractivity contribution in [2.45, 2.75) is 47.1 Å². The maximum atomic E-state index is 5.60. The molecular formula is C17H29NO2. The van der Waals surface area contributed by atoms with Gasteiger partial charge in [0.2, 0.25) is 0 Å². The summed E-state index contributed by atoms with van der Waals surface area (Å²) in [7, 11) is 3.44. The van der Waals surface area contributed by atoms with Gasteiger partial charge in [-0.3, -0.25) is 0 Å². The van der Waals surface area contributed by atoms with Crippen LogP contribution in [-0.2, 0) is 9.47 Å². The average Bonchev–Trinajstić information content (AvgIpc) is 2.42. The van der Waals surface area contributed by atoms with Gasteiger partial charge < -0.3 is 14.8 Å². The first-order valence-corrected chi connectivity index (χ1v) is 7.33. The summed E-state index contributed by atoms with van der Waals surface area (Å²) in [5, 5.41) is 3.40. The lowest BCUT2D eigenvalue weighted by molar-refractivity contribution is 0.276. The monoisotopic (exact) mass is 279 g/mol. The van der Waals surface area contributed by atoms with E-state index in [9.17, 15) is 0 Å². The summed E-state index contributed by atoms with van der Waals surface area (Å²) >= 11 is 0. The van der Waals surface area contributed by atoms with E-state index < -0.39 is 0 Å². The van der Waals surface area contributed by atoms with Crippen LogP contribution in [0.1, 0.15) is 41.0 Å². The fraction of sp³-hybridized carbons (Fsp3) is 0.647. The summed E-state index contributed by atoms with van der Waals surface area (Å²) in [6.07, 6.45) is 5.28. The number of allylic oxidation sites excluding steroid dienone is 4. The number of ether oxygens (including phenoxy) is 2. The van der Waals surface area contributed by atoms with Crippen molar-refractivity contribution in [2.24, 2.45) is 11.8 Å². The second-order valence-electron chi connectivity index (χ2n) is 5.81. The highest BCUT2D eigenvalue weighted by molar-refractivity contribution is 5.37. The van der Waals surface area contributed by atoms with Crippen LogP contribution < -0.4 is 5.32 Å². The molecule has 0 bridgehead atoms. The van der Waals surface area contributed by atoms with Crippen LogP contribution in [-0.4, -0.2) is 20.3 Å². The van der Waals surface area contributed by atoms with E-state index in [1.54, 1.807) is 14.2 Å². The Balaban J connectivity index is 2.87. The molecule has 20 heavy (non-hydrogen) atoms. The van der Waals surface area contributed by atoms with Gasteiger partial charge in [0, 0.05) is 18.2 Å². The topological polar surface area (TPSA) is 30.5 Å². The summed E-state index contributed by atoms with van der Waals surface area (Å²) in [6.45, 7) is 10.8. The van der Waals surface area contributed by atoms with Crippen LogP contribution in [0.3, 0.4) is 0 Å². The minimum absolute atomic E-state index is 0.317. The molecular weight excluding hydrogens is 250 g/mol. The Morgan fingerprint density at radius 1 is 1.40 bits per heavy atom. The lowest BCUT2D eigenvalue weighted by Gasteiger charge is -2.30. The fourth-order valence-electron chi connectivity index (χ4n) is 2.70. The number of hydrogen-bond donors (Lipinski definition) is 1.